The zero-order chi connectivity index (χ0) is 10.1. The topological polar surface area (TPSA) is 52.0 Å². The Hall–Kier alpha value is -1.29. The SMILES string of the molecule is Cc1noc(N)c1-c1ccccc1Br. The van der Waals surface area contributed by atoms with Crippen LogP contribution in [0.4, 0.5) is 5.88 Å². The first kappa shape index (κ1) is 9.27. The highest BCUT2D eigenvalue weighted by atomic mass is 79.9. The molecule has 0 saturated heterocycles. The predicted octanol–water partition coefficient (Wildman–Crippen LogP) is 2.99. The quantitative estimate of drug-likeness (QED) is 0.849. The molecule has 0 radical (unpaired) electrons. The largest absolute Gasteiger partial charge is 0.367 e. The Morgan fingerprint density at radius 2 is 2.07 bits per heavy atom. The average molecular weight is 253 g/mol. The Morgan fingerprint density at radius 1 is 1.36 bits per heavy atom. The number of nitrogen functional groups attached to an aromatic ring is 1. The van der Waals surface area contributed by atoms with E-state index in [0.717, 1.165) is 21.3 Å². The Balaban J connectivity index is 2.66. The van der Waals surface area contributed by atoms with Gasteiger partial charge in [0.1, 0.15) is 0 Å². The van der Waals surface area contributed by atoms with Crippen molar-refractivity contribution >= 4 is 21.8 Å². The minimum Gasteiger partial charge on any atom is -0.367 e. The van der Waals surface area contributed by atoms with Gasteiger partial charge < -0.3 is 10.3 Å². The van der Waals surface area contributed by atoms with Crippen LogP contribution >= 0.6 is 15.9 Å². The number of halogens is 1. The van der Waals surface area contributed by atoms with Crippen LogP contribution in [0.3, 0.4) is 0 Å². The van der Waals surface area contributed by atoms with E-state index in [-0.39, 0.29) is 0 Å². The van der Waals surface area contributed by atoms with Gasteiger partial charge in [0.25, 0.3) is 0 Å². The molecule has 1 heterocycles. The van der Waals surface area contributed by atoms with E-state index in [1.54, 1.807) is 0 Å². The highest BCUT2D eigenvalue weighted by molar-refractivity contribution is 9.10. The van der Waals surface area contributed by atoms with Crippen molar-refractivity contribution in [1.29, 1.82) is 0 Å². The second kappa shape index (κ2) is 3.46. The summed E-state index contributed by atoms with van der Waals surface area (Å²) in [5, 5.41) is 3.81. The molecule has 0 bridgehead atoms. The number of nitrogens with zero attached hydrogens (tertiary/aromatic N) is 1. The molecule has 1 aromatic carbocycles. The summed E-state index contributed by atoms with van der Waals surface area (Å²) < 4.78 is 5.90. The maximum Gasteiger partial charge on any atom is 0.230 e. The van der Waals surface area contributed by atoms with Crippen molar-refractivity contribution < 1.29 is 4.52 Å². The first-order valence-electron chi connectivity index (χ1n) is 4.17. The third-order valence-corrected chi connectivity index (χ3v) is 2.72. The summed E-state index contributed by atoms with van der Waals surface area (Å²) in [7, 11) is 0. The van der Waals surface area contributed by atoms with Crippen LogP contribution in [0.5, 0.6) is 0 Å². The lowest BCUT2D eigenvalue weighted by Crippen LogP contribution is -1.87. The lowest BCUT2D eigenvalue weighted by atomic mass is 10.1. The standard InChI is InChI=1S/C10H9BrN2O/c1-6-9(10(12)14-13-6)7-4-2-3-5-8(7)11/h2-5H,12H2,1H3. The van der Waals surface area contributed by atoms with E-state index in [9.17, 15) is 0 Å². The predicted molar refractivity (Wildman–Crippen MR) is 58.8 cm³/mol. The highest BCUT2D eigenvalue weighted by Gasteiger charge is 2.13. The van der Waals surface area contributed by atoms with Crippen molar-refractivity contribution in [2.45, 2.75) is 6.92 Å². The van der Waals surface area contributed by atoms with Crippen LogP contribution in [0.15, 0.2) is 33.3 Å². The summed E-state index contributed by atoms with van der Waals surface area (Å²) in [6.45, 7) is 1.87. The van der Waals surface area contributed by atoms with E-state index in [2.05, 4.69) is 21.1 Å². The van der Waals surface area contributed by atoms with Crippen molar-refractivity contribution in [2.75, 3.05) is 5.73 Å². The van der Waals surface area contributed by atoms with Gasteiger partial charge in [-0.2, -0.15) is 0 Å². The average Bonchev–Trinajstić information content (AvgIpc) is 2.48. The van der Waals surface area contributed by atoms with Crippen molar-refractivity contribution in [3.8, 4) is 11.1 Å². The Bertz CT molecular complexity index is 445. The van der Waals surface area contributed by atoms with Gasteiger partial charge in [-0.25, -0.2) is 0 Å². The summed E-state index contributed by atoms with van der Waals surface area (Å²) in [5.41, 5.74) is 8.35. The van der Waals surface area contributed by atoms with Crippen LogP contribution in [0.2, 0.25) is 0 Å². The van der Waals surface area contributed by atoms with Crippen LogP contribution in [0.1, 0.15) is 5.69 Å². The van der Waals surface area contributed by atoms with Crippen LogP contribution in [-0.4, -0.2) is 5.16 Å². The molecule has 0 saturated carbocycles. The Morgan fingerprint density at radius 3 is 2.64 bits per heavy atom. The fourth-order valence-electron chi connectivity index (χ4n) is 1.38. The normalized spacial score (nSPS) is 10.4. The summed E-state index contributed by atoms with van der Waals surface area (Å²) in [5.74, 6) is 0.356. The molecule has 2 N–H and O–H groups in total. The molecule has 14 heavy (non-hydrogen) atoms. The molecule has 0 aliphatic carbocycles. The number of anilines is 1. The number of hydrogen-bond acceptors (Lipinski definition) is 3. The monoisotopic (exact) mass is 252 g/mol. The van der Waals surface area contributed by atoms with Crippen LogP contribution in [0.25, 0.3) is 11.1 Å². The van der Waals surface area contributed by atoms with Gasteiger partial charge >= 0.3 is 0 Å². The van der Waals surface area contributed by atoms with Gasteiger partial charge in [0.15, 0.2) is 0 Å². The number of benzene rings is 1. The lowest BCUT2D eigenvalue weighted by Gasteiger charge is -2.01. The maximum atomic E-state index is 5.69. The summed E-state index contributed by atoms with van der Waals surface area (Å²) in [6.07, 6.45) is 0. The molecule has 0 aliphatic heterocycles. The van der Waals surface area contributed by atoms with Gasteiger partial charge in [0, 0.05) is 10.0 Å². The number of rotatable bonds is 1. The van der Waals surface area contributed by atoms with Gasteiger partial charge in [-0.05, 0) is 13.0 Å². The fourth-order valence-corrected chi connectivity index (χ4v) is 1.86. The smallest absolute Gasteiger partial charge is 0.230 e. The first-order valence-corrected chi connectivity index (χ1v) is 4.96. The van der Waals surface area contributed by atoms with Gasteiger partial charge in [0.05, 0.1) is 11.3 Å². The molecule has 3 nitrogen and oxygen atoms in total. The van der Waals surface area contributed by atoms with Gasteiger partial charge in [-0.15, -0.1) is 0 Å². The second-order valence-corrected chi connectivity index (χ2v) is 3.84. The summed E-state index contributed by atoms with van der Waals surface area (Å²) in [4.78, 5) is 0. The highest BCUT2D eigenvalue weighted by Crippen LogP contribution is 2.34. The summed E-state index contributed by atoms with van der Waals surface area (Å²) >= 11 is 3.46. The van der Waals surface area contributed by atoms with Crippen molar-refractivity contribution in [2.24, 2.45) is 0 Å². The molecule has 72 valence electrons. The third-order valence-electron chi connectivity index (χ3n) is 2.03. The lowest BCUT2D eigenvalue weighted by molar-refractivity contribution is 0.431. The van der Waals surface area contributed by atoms with E-state index in [4.69, 9.17) is 10.3 Å². The first-order chi connectivity index (χ1) is 6.70. The Labute approximate surface area is 90.0 Å². The van der Waals surface area contributed by atoms with Crippen molar-refractivity contribution in [3.63, 3.8) is 0 Å². The Kier molecular flexibility index (Phi) is 2.29. The van der Waals surface area contributed by atoms with E-state index >= 15 is 0 Å². The zero-order valence-electron chi connectivity index (χ0n) is 7.62. The molecular formula is C10H9BrN2O. The van der Waals surface area contributed by atoms with Crippen LogP contribution in [0, 0.1) is 6.92 Å². The zero-order valence-corrected chi connectivity index (χ0v) is 9.21. The van der Waals surface area contributed by atoms with Crippen LogP contribution in [-0.2, 0) is 0 Å². The molecule has 0 aliphatic rings. The van der Waals surface area contributed by atoms with E-state index < -0.39 is 0 Å². The number of aryl methyl sites for hydroxylation is 1. The minimum absolute atomic E-state index is 0.356. The molecule has 0 unspecified atom stereocenters. The number of nitrogens with two attached hydrogens (primary N) is 1. The molecule has 0 amide bonds. The molecule has 1 aromatic heterocycles. The van der Waals surface area contributed by atoms with Gasteiger partial charge in [-0.1, -0.05) is 39.3 Å². The van der Waals surface area contributed by atoms with Crippen molar-refractivity contribution in [1.82, 2.24) is 5.16 Å². The van der Waals surface area contributed by atoms with Crippen LogP contribution < -0.4 is 5.73 Å². The van der Waals surface area contributed by atoms with E-state index in [0.29, 0.717) is 5.88 Å². The van der Waals surface area contributed by atoms with Gasteiger partial charge in [-0.3, -0.25) is 0 Å². The minimum atomic E-state index is 0.356. The molecular weight excluding hydrogens is 244 g/mol. The number of hydrogen-bond donors (Lipinski definition) is 1. The molecule has 0 spiro atoms. The van der Waals surface area contributed by atoms with Gasteiger partial charge in [0.2, 0.25) is 5.88 Å². The van der Waals surface area contributed by atoms with Crippen molar-refractivity contribution in [3.05, 3.63) is 34.4 Å². The second-order valence-electron chi connectivity index (χ2n) is 2.99. The van der Waals surface area contributed by atoms with E-state index in [1.807, 2.05) is 31.2 Å². The summed E-state index contributed by atoms with van der Waals surface area (Å²) in [6, 6.07) is 7.83. The third kappa shape index (κ3) is 1.42. The molecule has 0 fully saturated rings. The molecule has 2 rings (SSSR count). The molecule has 0 atom stereocenters. The number of aromatic nitrogens is 1. The molecule has 4 heteroatoms. The fraction of sp³-hybridized carbons (Fsp3) is 0.100. The molecule has 2 aromatic rings. The maximum absolute atomic E-state index is 5.69. The van der Waals surface area contributed by atoms with E-state index in [1.165, 1.54) is 0 Å².